The van der Waals surface area contributed by atoms with E-state index in [0.29, 0.717) is 13.2 Å². The number of ketones is 1. The van der Waals surface area contributed by atoms with Crippen LogP contribution in [0, 0.1) is 5.41 Å². The number of nitrogens with zero attached hydrogens (tertiary/aromatic N) is 1. The van der Waals surface area contributed by atoms with Crippen molar-refractivity contribution in [3.05, 3.63) is 0 Å². The highest BCUT2D eigenvalue weighted by Gasteiger charge is 2.43. The summed E-state index contributed by atoms with van der Waals surface area (Å²) in [6.45, 7) is 8.19. The van der Waals surface area contributed by atoms with Crippen LogP contribution in [0.3, 0.4) is 0 Å². The monoisotopic (exact) mass is 229 g/mol. The molecule has 1 rings (SSSR count). The van der Waals surface area contributed by atoms with Crippen molar-refractivity contribution >= 4 is 11.5 Å². The molecule has 0 N–H and O–H groups in total. The van der Waals surface area contributed by atoms with E-state index in [9.17, 15) is 4.79 Å². The fraction of sp³-hybridized carbons (Fsp3) is 0.818. The first-order valence-corrected chi connectivity index (χ1v) is 5.21. The summed E-state index contributed by atoms with van der Waals surface area (Å²) >= 11 is 0. The fourth-order valence-corrected chi connectivity index (χ4v) is 1.44. The summed E-state index contributed by atoms with van der Waals surface area (Å²) in [5.74, 6) is -1.32. The van der Waals surface area contributed by atoms with Gasteiger partial charge in [0.15, 0.2) is 11.5 Å². The lowest BCUT2D eigenvalue weighted by Gasteiger charge is -2.40. The predicted molar refractivity (Wildman–Crippen MR) is 59.2 cm³/mol. The number of hydrogen-bond acceptors (Lipinski definition) is 5. The highest BCUT2D eigenvalue weighted by atomic mass is 16.7. The topological polar surface area (TPSA) is 57.1 Å². The lowest BCUT2D eigenvalue weighted by Crippen LogP contribution is -2.52. The molecule has 0 amide bonds. The zero-order valence-corrected chi connectivity index (χ0v) is 10.5. The first-order chi connectivity index (χ1) is 7.31. The number of rotatable bonds is 3. The third-order valence-electron chi connectivity index (χ3n) is 2.42. The average Bonchev–Trinajstić information content (AvgIpc) is 2.19. The standard InChI is InChI=1S/C11H19NO4/c1-8(13)9(12-14-5)11(4)15-6-10(2,3)7-16-11/h6-7H2,1-5H3/b12-9-. The van der Waals surface area contributed by atoms with E-state index < -0.39 is 5.79 Å². The van der Waals surface area contributed by atoms with E-state index in [1.807, 2.05) is 13.8 Å². The molecule has 1 heterocycles. The maximum atomic E-state index is 11.4. The molecule has 1 aliphatic heterocycles. The SMILES string of the molecule is CO/N=C(/C(C)=O)C1(C)OCC(C)(C)CO1. The molecule has 0 atom stereocenters. The normalized spacial score (nSPS) is 23.9. The van der Waals surface area contributed by atoms with E-state index in [1.54, 1.807) is 6.92 Å². The van der Waals surface area contributed by atoms with Crippen molar-refractivity contribution in [1.29, 1.82) is 0 Å². The Kier molecular flexibility index (Phi) is 3.70. The molecule has 16 heavy (non-hydrogen) atoms. The van der Waals surface area contributed by atoms with Gasteiger partial charge >= 0.3 is 0 Å². The van der Waals surface area contributed by atoms with Crippen LogP contribution in [0.2, 0.25) is 0 Å². The predicted octanol–water partition coefficient (Wildman–Crippen LogP) is 1.37. The van der Waals surface area contributed by atoms with Gasteiger partial charge in [-0.1, -0.05) is 19.0 Å². The van der Waals surface area contributed by atoms with Gasteiger partial charge in [-0.2, -0.15) is 0 Å². The molecule has 0 bridgehead atoms. The van der Waals surface area contributed by atoms with Crippen LogP contribution in [0.25, 0.3) is 0 Å². The Hall–Kier alpha value is -0.940. The third-order valence-corrected chi connectivity index (χ3v) is 2.42. The maximum absolute atomic E-state index is 11.4. The van der Waals surface area contributed by atoms with Gasteiger partial charge in [-0.3, -0.25) is 4.79 Å². The molecule has 0 aliphatic carbocycles. The Bertz CT molecular complexity index is 299. The zero-order chi connectivity index (χ0) is 12.4. The lowest BCUT2D eigenvalue weighted by molar-refractivity contribution is -0.250. The largest absolute Gasteiger partial charge is 0.399 e. The van der Waals surface area contributed by atoms with E-state index in [0.717, 1.165) is 0 Å². The second-order valence-corrected chi connectivity index (χ2v) is 4.87. The van der Waals surface area contributed by atoms with E-state index >= 15 is 0 Å². The molecular formula is C11H19NO4. The van der Waals surface area contributed by atoms with Gasteiger partial charge in [0.2, 0.25) is 5.79 Å². The summed E-state index contributed by atoms with van der Waals surface area (Å²) < 4.78 is 11.2. The quantitative estimate of drug-likeness (QED) is 0.541. The Morgan fingerprint density at radius 3 is 2.12 bits per heavy atom. The van der Waals surface area contributed by atoms with Crippen LogP contribution in [-0.2, 0) is 19.1 Å². The van der Waals surface area contributed by atoms with Crippen LogP contribution < -0.4 is 0 Å². The number of oxime groups is 1. The number of ether oxygens (including phenoxy) is 2. The Morgan fingerprint density at radius 2 is 1.75 bits per heavy atom. The van der Waals surface area contributed by atoms with Crippen molar-refractivity contribution in [1.82, 2.24) is 0 Å². The number of Topliss-reactive ketones (excluding diaryl/α,β-unsaturated/α-hetero) is 1. The molecule has 1 saturated heterocycles. The fourth-order valence-electron chi connectivity index (χ4n) is 1.44. The smallest absolute Gasteiger partial charge is 0.216 e. The maximum Gasteiger partial charge on any atom is 0.216 e. The van der Waals surface area contributed by atoms with Crippen LogP contribution in [0.5, 0.6) is 0 Å². The molecule has 0 aromatic carbocycles. The molecular weight excluding hydrogens is 210 g/mol. The molecule has 0 radical (unpaired) electrons. The van der Waals surface area contributed by atoms with Crippen LogP contribution >= 0.6 is 0 Å². The second kappa shape index (κ2) is 4.51. The van der Waals surface area contributed by atoms with E-state index in [4.69, 9.17) is 9.47 Å². The summed E-state index contributed by atoms with van der Waals surface area (Å²) in [7, 11) is 1.39. The van der Waals surface area contributed by atoms with Crippen molar-refractivity contribution < 1.29 is 19.1 Å². The van der Waals surface area contributed by atoms with Gasteiger partial charge in [0.1, 0.15) is 7.11 Å². The highest BCUT2D eigenvalue weighted by Crippen LogP contribution is 2.30. The summed E-state index contributed by atoms with van der Waals surface area (Å²) in [4.78, 5) is 16.1. The van der Waals surface area contributed by atoms with Gasteiger partial charge in [-0.15, -0.1) is 0 Å². The van der Waals surface area contributed by atoms with Crippen molar-refractivity contribution in [2.45, 2.75) is 33.5 Å². The van der Waals surface area contributed by atoms with Crippen LogP contribution in [-0.4, -0.2) is 37.6 Å². The van der Waals surface area contributed by atoms with Gasteiger partial charge in [-0.05, 0) is 6.92 Å². The zero-order valence-electron chi connectivity index (χ0n) is 10.5. The molecule has 5 heteroatoms. The van der Waals surface area contributed by atoms with Crippen molar-refractivity contribution in [3.8, 4) is 0 Å². The summed E-state index contributed by atoms with van der Waals surface area (Å²) in [5, 5.41) is 3.68. The van der Waals surface area contributed by atoms with Crippen molar-refractivity contribution in [2.75, 3.05) is 20.3 Å². The first-order valence-electron chi connectivity index (χ1n) is 5.21. The molecule has 0 unspecified atom stereocenters. The number of hydrogen-bond donors (Lipinski definition) is 0. The van der Waals surface area contributed by atoms with Gasteiger partial charge in [0.05, 0.1) is 13.2 Å². The number of carbonyl (C=O) groups excluding carboxylic acids is 1. The molecule has 92 valence electrons. The molecule has 1 fully saturated rings. The molecule has 1 aliphatic rings. The molecule has 5 nitrogen and oxygen atoms in total. The highest BCUT2D eigenvalue weighted by molar-refractivity contribution is 6.41. The summed E-state index contributed by atoms with van der Waals surface area (Å²) in [6.07, 6.45) is 0. The molecule has 0 spiro atoms. The van der Waals surface area contributed by atoms with Crippen LogP contribution in [0.1, 0.15) is 27.7 Å². The molecule has 0 aromatic heterocycles. The van der Waals surface area contributed by atoms with Crippen molar-refractivity contribution in [3.63, 3.8) is 0 Å². The minimum atomic E-state index is -1.10. The van der Waals surface area contributed by atoms with Gasteiger partial charge in [0, 0.05) is 12.3 Å². The molecule has 0 saturated carbocycles. The Labute approximate surface area is 95.7 Å². The van der Waals surface area contributed by atoms with Crippen LogP contribution in [0.15, 0.2) is 5.16 Å². The minimum Gasteiger partial charge on any atom is -0.399 e. The van der Waals surface area contributed by atoms with Crippen LogP contribution in [0.4, 0.5) is 0 Å². The van der Waals surface area contributed by atoms with Gasteiger partial charge in [0.25, 0.3) is 0 Å². The van der Waals surface area contributed by atoms with E-state index in [-0.39, 0.29) is 16.9 Å². The second-order valence-electron chi connectivity index (χ2n) is 4.87. The Morgan fingerprint density at radius 1 is 1.25 bits per heavy atom. The average molecular weight is 229 g/mol. The van der Waals surface area contributed by atoms with Gasteiger partial charge < -0.3 is 14.3 Å². The first kappa shape index (κ1) is 13.1. The lowest BCUT2D eigenvalue weighted by atomic mass is 9.94. The van der Waals surface area contributed by atoms with Gasteiger partial charge in [-0.25, -0.2) is 0 Å². The molecule has 0 aromatic rings. The van der Waals surface area contributed by atoms with E-state index in [2.05, 4.69) is 9.99 Å². The summed E-state index contributed by atoms with van der Waals surface area (Å²) in [5.41, 5.74) is 0.111. The number of carbonyl (C=O) groups is 1. The van der Waals surface area contributed by atoms with E-state index in [1.165, 1.54) is 14.0 Å². The Balaban J connectivity index is 2.86. The van der Waals surface area contributed by atoms with Crippen molar-refractivity contribution in [2.24, 2.45) is 10.6 Å². The summed E-state index contributed by atoms with van der Waals surface area (Å²) in [6, 6.07) is 0. The third kappa shape index (κ3) is 2.80. The minimum absolute atomic E-state index is 0.0471.